The number of ether oxygens (including phenoxy) is 1. The third-order valence-corrected chi connectivity index (χ3v) is 23.7. The zero-order valence-electron chi connectivity index (χ0n) is 75.3. The summed E-state index contributed by atoms with van der Waals surface area (Å²) in [4.78, 5) is 2.55. The number of hydrogen-bond acceptors (Lipinski definition) is 2. The van der Waals surface area contributed by atoms with Crippen LogP contribution in [0.5, 0.6) is 11.5 Å². The number of hydrogen-bond donors (Lipinski definition) is 0. The predicted octanol–water partition coefficient (Wildman–Crippen LogP) is 26.1. The molecule has 110 heavy (non-hydrogen) atoms. The van der Waals surface area contributed by atoms with E-state index in [1.54, 1.807) is 12.1 Å². The van der Waals surface area contributed by atoms with Gasteiger partial charge < -0.3 is 18.8 Å². The third kappa shape index (κ3) is 10.8. The van der Waals surface area contributed by atoms with E-state index in [4.69, 9.17) is 7.48 Å². The smallest absolute Gasteiger partial charge is 0.256 e. The summed E-state index contributed by atoms with van der Waals surface area (Å²) in [5.74, 6) is 1.24. The molecule has 538 valence electrons. The molecule has 1 aliphatic carbocycles. The molecule has 2 aromatic heterocycles. The van der Waals surface area contributed by atoms with Crippen LogP contribution in [0, 0.1) is 0 Å². The number of benzene rings is 14. The van der Waals surface area contributed by atoms with Gasteiger partial charge >= 0.3 is 0 Å². The van der Waals surface area contributed by atoms with Gasteiger partial charge in [0.05, 0.1) is 52.6 Å². The summed E-state index contributed by atoms with van der Waals surface area (Å²) in [7, 11) is 0. The highest BCUT2D eigenvalue weighted by molar-refractivity contribution is 6.99. The number of anilines is 3. The van der Waals surface area contributed by atoms with E-state index in [2.05, 4.69) is 300 Å². The fourth-order valence-electron chi connectivity index (χ4n) is 18.0. The van der Waals surface area contributed by atoms with Crippen molar-refractivity contribution in [3.8, 4) is 67.4 Å². The molecular formula is C105H94BN3O. The van der Waals surface area contributed by atoms with Gasteiger partial charge in [0, 0.05) is 55.8 Å². The molecule has 4 nitrogen and oxygen atoms in total. The van der Waals surface area contributed by atoms with E-state index in [0.29, 0.717) is 44.9 Å². The molecule has 4 heterocycles. The van der Waals surface area contributed by atoms with Gasteiger partial charge in [0.2, 0.25) is 0 Å². The Hall–Kier alpha value is -11.7. The molecule has 0 atom stereocenters. The second-order valence-electron chi connectivity index (χ2n) is 35.8. The summed E-state index contributed by atoms with van der Waals surface area (Å²) in [6.45, 7) is 33.6. The second-order valence-corrected chi connectivity index (χ2v) is 35.8. The molecule has 5 heteroatoms. The molecule has 16 aromatic rings. The van der Waals surface area contributed by atoms with Gasteiger partial charge in [-0.25, -0.2) is 0 Å². The molecule has 0 bridgehead atoms. The minimum atomic E-state index is -2.12. The molecule has 0 fully saturated rings. The predicted molar refractivity (Wildman–Crippen MR) is 468 cm³/mol. The maximum atomic E-state index is 10.1. The number of aromatic nitrogens is 2. The Morgan fingerprint density at radius 2 is 0.773 bits per heavy atom. The van der Waals surface area contributed by atoms with Crippen molar-refractivity contribution in [2.75, 3.05) is 4.90 Å². The van der Waals surface area contributed by atoms with Crippen LogP contribution in [-0.4, -0.2) is 15.8 Å². The summed E-state index contributed by atoms with van der Waals surface area (Å²) >= 11 is 0. The van der Waals surface area contributed by atoms with Crippen molar-refractivity contribution in [2.24, 2.45) is 0 Å². The molecule has 0 amide bonds. The molecule has 14 aromatic carbocycles. The van der Waals surface area contributed by atoms with Gasteiger partial charge in [0.1, 0.15) is 11.5 Å². The molecular weight excluding hydrogens is 1330 g/mol. The van der Waals surface area contributed by atoms with Crippen LogP contribution in [0.2, 0.25) is 0 Å². The van der Waals surface area contributed by atoms with Crippen molar-refractivity contribution < 1.29 is 18.4 Å². The van der Waals surface area contributed by atoms with Crippen LogP contribution in [0.25, 0.3) is 99.5 Å². The standard InChI is InChI=1S/C105H94BN3O/c1-100(2,3)70-44-50-89-82(56-70)83-57-71(101(4,5)6)45-51-90(83)107(89)75-48-49-87-93(62-75)109(99-80(65-31-20-16-21-32-65)60-74(104(13,14)15)61-81(99)66-33-22-17-23-34-66)94-63-76(108-91-52-46-72(102(7,8)9)58-84(91)85-59-73(103(10,11)12)47-53-92(85)108)64-96-98(94)106(87)88-55-67(43-54-95(88)110-96)77-40-30-41-79-78-39-28-29-42-86(78)105(97(77)79,68-35-24-18-25-36-68)69-37-26-19-27-38-69/h16-64H,1-15H3/i18D,19D,24D,25D,26D,27D,35D,36D,37D,38D. The first-order chi connectivity index (χ1) is 56.9. The molecule has 2 aliphatic heterocycles. The van der Waals surface area contributed by atoms with Gasteiger partial charge in [0.25, 0.3) is 6.71 Å². The van der Waals surface area contributed by atoms with Gasteiger partial charge in [-0.1, -0.05) is 310 Å². The Labute approximate surface area is 663 Å². The lowest BCUT2D eigenvalue weighted by molar-refractivity contribution is 0.487. The van der Waals surface area contributed by atoms with E-state index >= 15 is 0 Å². The van der Waals surface area contributed by atoms with Crippen molar-refractivity contribution in [2.45, 2.75) is 136 Å². The van der Waals surface area contributed by atoms with Gasteiger partial charge in [-0.05, 0) is 212 Å². The highest BCUT2D eigenvalue weighted by atomic mass is 16.5. The highest BCUT2D eigenvalue weighted by Crippen LogP contribution is 2.60. The first kappa shape index (κ1) is 58.4. The fourth-order valence-corrected chi connectivity index (χ4v) is 18.0. The summed E-state index contributed by atoms with van der Waals surface area (Å²) in [5.41, 5.74) is 21.4. The minimum Gasteiger partial charge on any atom is -0.458 e. The van der Waals surface area contributed by atoms with Crippen LogP contribution in [0.4, 0.5) is 17.1 Å². The van der Waals surface area contributed by atoms with Gasteiger partial charge in [-0.3, -0.25) is 0 Å². The van der Waals surface area contributed by atoms with Crippen LogP contribution < -0.4 is 26.0 Å². The normalized spacial score (nSPS) is 15.2. The van der Waals surface area contributed by atoms with Crippen LogP contribution >= 0.6 is 0 Å². The number of fused-ring (bicyclic) bond motifs is 13. The molecule has 0 saturated heterocycles. The average Bonchev–Trinajstić information content (AvgIpc) is 1.63. The monoisotopic (exact) mass is 1430 g/mol. The summed E-state index contributed by atoms with van der Waals surface area (Å²) in [6.07, 6.45) is 0. The average molecular weight is 1430 g/mol. The van der Waals surface area contributed by atoms with Crippen molar-refractivity contribution >= 4 is 83.8 Å². The Kier molecular flexibility index (Phi) is 13.1. The zero-order valence-corrected chi connectivity index (χ0v) is 65.3. The molecule has 0 N–H and O–H groups in total. The largest absolute Gasteiger partial charge is 0.458 e. The van der Waals surface area contributed by atoms with E-state index in [0.717, 1.165) is 116 Å². The van der Waals surface area contributed by atoms with E-state index < -0.39 is 72.6 Å². The van der Waals surface area contributed by atoms with E-state index in [9.17, 15) is 11.0 Å². The summed E-state index contributed by atoms with van der Waals surface area (Å²) in [5, 5.41) is 4.60. The van der Waals surface area contributed by atoms with E-state index in [-0.39, 0.29) is 38.2 Å². The maximum Gasteiger partial charge on any atom is 0.256 e. The molecule has 0 radical (unpaired) electrons. The maximum absolute atomic E-state index is 10.1. The van der Waals surface area contributed by atoms with Crippen molar-refractivity contribution in [1.82, 2.24) is 9.13 Å². The molecule has 19 rings (SSSR count). The minimum absolute atomic E-state index is 0.148. The Morgan fingerprint density at radius 3 is 1.26 bits per heavy atom. The van der Waals surface area contributed by atoms with Gasteiger partial charge in [0.15, 0.2) is 0 Å². The quantitative estimate of drug-likeness (QED) is 0.142. The van der Waals surface area contributed by atoms with Gasteiger partial charge in [-0.2, -0.15) is 0 Å². The van der Waals surface area contributed by atoms with Crippen molar-refractivity contribution in [3.05, 3.63) is 347 Å². The van der Waals surface area contributed by atoms with E-state index in [1.165, 1.54) is 22.3 Å². The topological polar surface area (TPSA) is 22.3 Å². The Bertz CT molecular complexity index is 6770. The third-order valence-electron chi connectivity index (χ3n) is 23.7. The van der Waals surface area contributed by atoms with Gasteiger partial charge in [-0.15, -0.1) is 0 Å². The Balaban J connectivity index is 0.971. The van der Waals surface area contributed by atoms with Crippen LogP contribution in [0.15, 0.2) is 297 Å². The molecule has 3 aliphatic rings. The zero-order chi connectivity index (χ0) is 84.6. The SMILES string of the molecule is [2H]c1c([2H])c([2H])c(C2(c3c([2H])c([2H])c([2H])c([2H])c3[2H])c3ccccc3-c3cccc(-c4ccc5c(c4)B4c6ccc(-n7c8ccc(C(C)(C)C)cc8c8cc(C(C)(C)C)ccc87)cc6N(c6c(-c7ccccc7)cc(C(C)(C)C)cc6-c6ccccc6)c6cc(-n7c8ccc(C(C)(C)C)cc8c8cc(C(C)(C)C)ccc87)cc(c64)O5)c32)c([2H])c1[2H]. The Morgan fingerprint density at radius 1 is 0.327 bits per heavy atom. The van der Waals surface area contributed by atoms with E-state index in [1.807, 2.05) is 42.5 Å². The summed E-state index contributed by atoms with van der Waals surface area (Å²) in [6, 6.07) is 79.4. The highest BCUT2D eigenvalue weighted by Gasteiger charge is 2.49. The van der Waals surface area contributed by atoms with Crippen molar-refractivity contribution in [1.29, 1.82) is 0 Å². The lowest BCUT2D eigenvalue weighted by Crippen LogP contribution is -2.59. The summed E-state index contributed by atoms with van der Waals surface area (Å²) < 4.78 is 109. The first-order valence-corrected chi connectivity index (χ1v) is 38.7. The lowest BCUT2D eigenvalue weighted by atomic mass is 9.34. The van der Waals surface area contributed by atoms with Crippen LogP contribution in [0.1, 0.15) is 168 Å². The lowest BCUT2D eigenvalue weighted by Gasteiger charge is -2.42. The molecule has 0 spiro atoms. The fraction of sp³-hybridized carbons (Fsp3) is 0.200. The molecule has 0 saturated carbocycles. The molecule has 0 unspecified atom stereocenters. The first-order valence-electron chi connectivity index (χ1n) is 43.7. The number of nitrogens with zero attached hydrogens (tertiary/aromatic N) is 3. The van der Waals surface area contributed by atoms with Crippen LogP contribution in [0.3, 0.4) is 0 Å². The second kappa shape index (κ2) is 24.7. The van der Waals surface area contributed by atoms with Crippen LogP contribution in [-0.2, 0) is 32.5 Å². The number of rotatable bonds is 8. The van der Waals surface area contributed by atoms with Crippen molar-refractivity contribution in [3.63, 3.8) is 0 Å².